The number of aromatic hydroxyl groups is 1. The van der Waals surface area contributed by atoms with Crippen molar-refractivity contribution in [3.63, 3.8) is 0 Å². The highest BCUT2D eigenvalue weighted by Crippen LogP contribution is 2.50. The van der Waals surface area contributed by atoms with Crippen molar-refractivity contribution in [3.8, 4) is 11.5 Å². The minimum Gasteiger partial charge on any atom is -0.504 e. The SMILES string of the molecule is COC(=O)c1cc2c(c(O)c1OC)C(C)CCC2C(C)CCCC(C)CO. The number of aliphatic hydroxyl groups excluding tert-OH is 1. The maximum atomic E-state index is 12.2. The lowest BCUT2D eigenvalue weighted by atomic mass is 9.70. The smallest absolute Gasteiger partial charge is 0.341 e. The fourth-order valence-electron chi connectivity index (χ4n) is 4.38. The molecule has 0 radical (unpaired) electrons. The van der Waals surface area contributed by atoms with Gasteiger partial charge in [0.25, 0.3) is 0 Å². The van der Waals surface area contributed by atoms with Gasteiger partial charge in [0.2, 0.25) is 0 Å². The summed E-state index contributed by atoms with van der Waals surface area (Å²) in [4.78, 5) is 12.2. The Labute approximate surface area is 162 Å². The molecule has 2 N–H and O–H groups in total. The Morgan fingerprint density at radius 2 is 1.96 bits per heavy atom. The van der Waals surface area contributed by atoms with Gasteiger partial charge in [0.05, 0.1) is 14.2 Å². The molecule has 1 aromatic carbocycles. The molecule has 152 valence electrons. The van der Waals surface area contributed by atoms with Gasteiger partial charge in [-0.05, 0) is 54.6 Å². The molecule has 0 bridgehead atoms. The quantitative estimate of drug-likeness (QED) is 0.647. The van der Waals surface area contributed by atoms with Crippen molar-refractivity contribution in [3.05, 3.63) is 22.8 Å². The predicted molar refractivity (Wildman–Crippen MR) is 106 cm³/mol. The van der Waals surface area contributed by atoms with Crippen LogP contribution in [0.4, 0.5) is 0 Å². The first-order valence-electron chi connectivity index (χ1n) is 9.98. The molecule has 0 amide bonds. The Kier molecular flexibility index (Phi) is 7.54. The third kappa shape index (κ3) is 4.57. The van der Waals surface area contributed by atoms with Crippen LogP contribution in [0.15, 0.2) is 6.07 Å². The summed E-state index contributed by atoms with van der Waals surface area (Å²) in [5.74, 6) is 1.06. The first-order valence-corrected chi connectivity index (χ1v) is 9.98. The average molecular weight is 379 g/mol. The van der Waals surface area contributed by atoms with Crippen LogP contribution in [-0.2, 0) is 4.74 Å². The number of benzene rings is 1. The van der Waals surface area contributed by atoms with Crippen molar-refractivity contribution >= 4 is 5.97 Å². The van der Waals surface area contributed by atoms with Crippen molar-refractivity contribution in [2.75, 3.05) is 20.8 Å². The van der Waals surface area contributed by atoms with Gasteiger partial charge in [-0.2, -0.15) is 0 Å². The fourth-order valence-corrected chi connectivity index (χ4v) is 4.38. The minimum absolute atomic E-state index is 0.0775. The van der Waals surface area contributed by atoms with E-state index in [4.69, 9.17) is 9.47 Å². The number of esters is 1. The van der Waals surface area contributed by atoms with E-state index in [-0.39, 0.29) is 29.6 Å². The molecule has 1 aliphatic carbocycles. The van der Waals surface area contributed by atoms with E-state index in [1.165, 1.54) is 14.2 Å². The summed E-state index contributed by atoms with van der Waals surface area (Å²) in [6.45, 7) is 6.65. The monoisotopic (exact) mass is 378 g/mol. The lowest BCUT2D eigenvalue weighted by Crippen LogP contribution is -2.20. The van der Waals surface area contributed by atoms with E-state index in [0.717, 1.165) is 43.2 Å². The van der Waals surface area contributed by atoms with Gasteiger partial charge in [0.1, 0.15) is 5.56 Å². The molecule has 1 aromatic rings. The molecule has 0 aromatic heterocycles. The van der Waals surface area contributed by atoms with Crippen LogP contribution in [0.1, 0.15) is 86.2 Å². The standard InChI is InChI=1S/C22H34O5/c1-13(12-23)7-6-8-14(2)16-10-9-15(3)19-17(16)11-18(22(25)27-5)21(26-4)20(19)24/h11,13-16,23-24H,6-10,12H2,1-5H3. The number of phenolic OH excluding ortho intramolecular Hbond substituents is 1. The molecule has 0 saturated carbocycles. The Hall–Kier alpha value is -1.75. The van der Waals surface area contributed by atoms with Gasteiger partial charge in [-0.15, -0.1) is 0 Å². The van der Waals surface area contributed by atoms with Crippen LogP contribution in [0.2, 0.25) is 0 Å². The molecule has 2 rings (SSSR count). The highest BCUT2D eigenvalue weighted by Gasteiger charge is 2.34. The Morgan fingerprint density at radius 1 is 1.26 bits per heavy atom. The van der Waals surface area contributed by atoms with E-state index in [0.29, 0.717) is 17.8 Å². The number of fused-ring (bicyclic) bond motifs is 1. The second kappa shape index (κ2) is 9.45. The van der Waals surface area contributed by atoms with Crippen LogP contribution in [-0.4, -0.2) is 37.0 Å². The molecule has 0 heterocycles. The third-order valence-corrected chi connectivity index (χ3v) is 6.09. The van der Waals surface area contributed by atoms with E-state index in [1.807, 2.05) is 6.07 Å². The van der Waals surface area contributed by atoms with E-state index in [2.05, 4.69) is 20.8 Å². The second-order valence-electron chi connectivity index (χ2n) is 8.08. The first-order chi connectivity index (χ1) is 12.8. The normalized spacial score (nSPS) is 21.3. The van der Waals surface area contributed by atoms with Crippen LogP contribution >= 0.6 is 0 Å². The number of rotatable bonds is 8. The van der Waals surface area contributed by atoms with Gasteiger partial charge in [-0.1, -0.05) is 33.6 Å². The number of carbonyl (C=O) groups excluding carboxylic acids is 1. The summed E-state index contributed by atoms with van der Waals surface area (Å²) in [7, 11) is 2.80. The lowest BCUT2D eigenvalue weighted by molar-refractivity contribution is 0.0596. The van der Waals surface area contributed by atoms with Crippen LogP contribution in [0.3, 0.4) is 0 Å². The zero-order chi connectivity index (χ0) is 20.1. The van der Waals surface area contributed by atoms with Crippen molar-refractivity contribution in [2.24, 2.45) is 11.8 Å². The van der Waals surface area contributed by atoms with Crippen LogP contribution in [0.5, 0.6) is 11.5 Å². The minimum atomic E-state index is -0.494. The second-order valence-corrected chi connectivity index (χ2v) is 8.08. The van der Waals surface area contributed by atoms with Crippen LogP contribution < -0.4 is 4.74 Å². The molecule has 0 saturated heterocycles. The van der Waals surface area contributed by atoms with Gasteiger partial charge < -0.3 is 19.7 Å². The molecule has 27 heavy (non-hydrogen) atoms. The number of hydrogen-bond donors (Lipinski definition) is 2. The summed E-state index contributed by atoms with van der Waals surface area (Å²) in [6.07, 6.45) is 5.18. The summed E-state index contributed by atoms with van der Waals surface area (Å²) in [5.41, 5.74) is 2.25. The van der Waals surface area contributed by atoms with Gasteiger partial charge >= 0.3 is 5.97 Å². The average Bonchev–Trinajstić information content (AvgIpc) is 2.66. The van der Waals surface area contributed by atoms with Gasteiger partial charge in [-0.25, -0.2) is 4.79 Å². The maximum Gasteiger partial charge on any atom is 0.341 e. The molecule has 5 heteroatoms. The first kappa shape index (κ1) is 21.5. The van der Waals surface area contributed by atoms with E-state index >= 15 is 0 Å². The summed E-state index contributed by atoms with van der Waals surface area (Å²) in [5, 5.41) is 20.1. The van der Waals surface area contributed by atoms with E-state index in [1.54, 1.807) is 0 Å². The van der Waals surface area contributed by atoms with Crippen molar-refractivity contribution in [1.82, 2.24) is 0 Å². The Balaban J connectivity index is 2.36. The maximum absolute atomic E-state index is 12.2. The van der Waals surface area contributed by atoms with Crippen molar-refractivity contribution in [1.29, 1.82) is 0 Å². The zero-order valence-electron chi connectivity index (χ0n) is 17.2. The number of ether oxygens (including phenoxy) is 2. The van der Waals surface area contributed by atoms with Gasteiger partial charge in [0, 0.05) is 12.2 Å². The molecular formula is C22H34O5. The van der Waals surface area contributed by atoms with E-state index < -0.39 is 5.97 Å². The zero-order valence-corrected chi connectivity index (χ0v) is 17.2. The van der Waals surface area contributed by atoms with Gasteiger partial charge in [-0.3, -0.25) is 0 Å². The molecule has 0 fully saturated rings. The Bertz CT molecular complexity index is 655. The lowest BCUT2D eigenvalue weighted by Gasteiger charge is -2.35. The van der Waals surface area contributed by atoms with Crippen LogP contribution in [0.25, 0.3) is 0 Å². The number of methoxy groups -OCH3 is 2. The van der Waals surface area contributed by atoms with Crippen molar-refractivity contribution < 1.29 is 24.5 Å². The van der Waals surface area contributed by atoms with Crippen LogP contribution in [0, 0.1) is 11.8 Å². The van der Waals surface area contributed by atoms with Crippen molar-refractivity contribution in [2.45, 2.75) is 64.7 Å². The number of hydrogen-bond acceptors (Lipinski definition) is 5. The molecule has 5 nitrogen and oxygen atoms in total. The topological polar surface area (TPSA) is 76.0 Å². The molecule has 0 spiro atoms. The molecule has 4 atom stereocenters. The third-order valence-electron chi connectivity index (χ3n) is 6.09. The fraction of sp³-hybridized carbons (Fsp3) is 0.682. The molecular weight excluding hydrogens is 344 g/mol. The number of carbonyl (C=O) groups is 1. The predicted octanol–water partition coefficient (Wildman–Crippen LogP) is 4.60. The number of phenols is 1. The summed E-state index contributed by atoms with van der Waals surface area (Å²) >= 11 is 0. The highest BCUT2D eigenvalue weighted by atomic mass is 16.5. The Morgan fingerprint density at radius 3 is 2.56 bits per heavy atom. The summed E-state index contributed by atoms with van der Waals surface area (Å²) in [6, 6.07) is 1.87. The molecule has 4 unspecified atom stereocenters. The van der Waals surface area contributed by atoms with E-state index in [9.17, 15) is 15.0 Å². The largest absolute Gasteiger partial charge is 0.504 e. The summed E-state index contributed by atoms with van der Waals surface area (Å²) < 4.78 is 10.2. The molecule has 1 aliphatic rings. The van der Waals surface area contributed by atoms with Gasteiger partial charge in [0.15, 0.2) is 11.5 Å². The molecule has 0 aliphatic heterocycles. The number of aliphatic hydroxyl groups is 1. The highest BCUT2D eigenvalue weighted by molar-refractivity contribution is 5.94.